The molecule has 0 rings (SSSR count). The van der Waals surface area contributed by atoms with Crippen LogP contribution in [0.1, 0.15) is 6.42 Å². The van der Waals surface area contributed by atoms with Gasteiger partial charge in [-0.05, 0) is 6.42 Å². The first-order valence-corrected chi connectivity index (χ1v) is 4.17. The van der Waals surface area contributed by atoms with E-state index in [9.17, 15) is 0 Å². The summed E-state index contributed by atoms with van der Waals surface area (Å²) in [6, 6.07) is 1.80. The van der Waals surface area contributed by atoms with Crippen LogP contribution in [0.3, 0.4) is 0 Å². The number of hydrazone groups is 1. The van der Waals surface area contributed by atoms with E-state index in [0.29, 0.717) is 12.2 Å². The zero-order valence-corrected chi connectivity index (χ0v) is 8.35. The molecule has 74 valence electrons. The SMILES string of the molecule is C=CCC/N=C\C(=C)N(C)/N=C\C#N. The molecule has 0 aromatic carbocycles. The molecule has 0 aliphatic carbocycles. The molecule has 0 unspecified atom stereocenters. The first kappa shape index (κ1) is 12.1. The van der Waals surface area contributed by atoms with Crippen molar-refractivity contribution in [1.29, 1.82) is 5.26 Å². The van der Waals surface area contributed by atoms with Crippen LogP contribution in [-0.2, 0) is 0 Å². The third kappa shape index (κ3) is 5.72. The first-order chi connectivity index (χ1) is 6.72. The van der Waals surface area contributed by atoms with Crippen LogP contribution < -0.4 is 0 Å². The van der Waals surface area contributed by atoms with Crippen LogP contribution in [0.5, 0.6) is 0 Å². The average molecular weight is 190 g/mol. The maximum Gasteiger partial charge on any atom is 0.125 e. The van der Waals surface area contributed by atoms with Crippen molar-refractivity contribution in [1.82, 2.24) is 5.01 Å². The van der Waals surface area contributed by atoms with Crippen LogP contribution >= 0.6 is 0 Å². The molecule has 0 saturated heterocycles. The van der Waals surface area contributed by atoms with Gasteiger partial charge in [0.25, 0.3) is 0 Å². The Hall–Kier alpha value is -1.89. The second-order valence-electron chi connectivity index (χ2n) is 2.50. The van der Waals surface area contributed by atoms with Crippen molar-refractivity contribution >= 4 is 12.4 Å². The minimum atomic E-state index is 0.639. The van der Waals surface area contributed by atoms with Gasteiger partial charge in [0.15, 0.2) is 0 Å². The first-order valence-electron chi connectivity index (χ1n) is 4.17. The summed E-state index contributed by atoms with van der Waals surface area (Å²) in [4.78, 5) is 4.10. The highest BCUT2D eigenvalue weighted by atomic mass is 15.4. The van der Waals surface area contributed by atoms with Gasteiger partial charge in [-0.2, -0.15) is 10.4 Å². The molecule has 0 bridgehead atoms. The highest BCUT2D eigenvalue weighted by Gasteiger charge is 1.93. The van der Waals surface area contributed by atoms with Crippen LogP contribution in [0.4, 0.5) is 0 Å². The van der Waals surface area contributed by atoms with E-state index in [1.165, 1.54) is 5.01 Å². The van der Waals surface area contributed by atoms with Gasteiger partial charge in [-0.25, -0.2) is 0 Å². The maximum absolute atomic E-state index is 8.24. The Bertz CT molecular complexity index is 283. The van der Waals surface area contributed by atoms with E-state index >= 15 is 0 Å². The summed E-state index contributed by atoms with van der Waals surface area (Å²) in [6.45, 7) is 8.01. The molecule has 0 saturated carbocycles. The molecule has 0 aromatic heterocycles. The van der Waals surface area contributed by atoms with Crippen molar-refractivity contribution in [2.45, 2.75) is 6.42 Å². The Morgan fingerprint density at radius 3 is 2.93 bits per heavy atom. The third-order valence-electron chi connectivity index (χ3n) is 1.41. The summed E-state index contributed by atoms with van der Waals surface area (Å²) in [5.41, 5.74) is 0.639. The predicted octanol–water partition coefficient (Wildman–Crippen LogP) is 1.59. The van der Waals surface area contributed by atoms with Gasteiger partial charge in [0, 0.05) is 19.8 Å². The summed E-state index contributed by atoms with van der Waals surface area (Å²) in [5.74, 6) is 0. The number of allylic oxidation sites excluding steroid dienone is 1. The van der Waals surface area contributed by atoms with Crippen LogP contribution in [0.25, 0.3) is 0 Å². The van der Waals surface area contributed by atoms with E-state index < -0.39 is 0 Å². The van der Waals surface area contributed by atoms with Gasteiger partial charge >= 0.3 is 0 Å². The molecule has 0 amide bonds. The molecule has 4 heteroatoms. The maximum atomic E-state index is 8.24. The minimum Gasteiger partial charge on any atom is -0.291 e. The van der Waals surface area contributed by atoms with Crippen molar-refractivity contribution in [2.24, 2.45) is 10.1 Å². The van der Waals surface area contributed by atoms with Crippen molar-refractivity contribution in [2.75, 3.05) is 13.6 Å². The van der Waals surface area contributed by atoms with E-state index in [1.807, 2.05) is 0 Å². The minimum absolute atomic E-state index is 0.639. The van der Waals surface area contributed by atoms with Crippen LogP contribution in [0.15, 0.2) is 35.0 Å². The van der Waals surface area contributed by atoms with Crippen LogP contribution in [-0.4, -0.2) is 31.0 Å². The third-order valence-corrected chi connectivity index (χ3v) is 1.41. The zero-order chi connectivity index (χ0) is 10.8. The summed E-state index contributed by atoms with van der Waals surface area (Å²) in [6.07, 6.45) is 5.41. The second-order valence-corrected chi connectivity index (χ2v) is 2.50. The molecule has 0 atom stereocenters. The fourth-order valence-electron chi connectivity index (χ4n) is 0.606. The van der Waals surface area contributed by atoms with Crippen molar-refractivity contribution in [3.05, 3.63) is 24.9 Å². The second kappa shape index (κ2) is 7.74. The fraction of sp³-hybridized carbons (Fsp3) is 0.300. The van der Waals surface area contributed by atoms with Gasteiger partial charge in [-0.3, -0.25) is 10.0 Å². The molecule has 0 aromatic rings. The van der Waals surface area contributed by atoms with E-state index in [4.69, 9.17) is 5.26 Å². The quantitative estimate of drug-likeness (QED) is 0.276. The number of rotatable bonds is 6. The monoisotopic (exact) mass is 190 g/mol. The molecule has 0 aliphatic rings. The average Bonchev–Trinajstić information content (AvgIpc) is 2.20. The van der Waals surface area contributed by atoms with E-state index in [2.05, 4.69) is 23.3 Å². The summed E-state index contributed by atoms with van der Waals surface area (Å²) < 4.78 is 0. The molecular weight excluding hydrogens is 176 g/mol. The normalized spacial score (nSPS) is 10.3. The number of nitriles is 1. The largest absolute Gasteiger partial charge is 0.291 e. The van der Waals surface area contributed by atoms with Gasteiger partial charge in [-0.15, -0.1) is 6.58 Å². The Morgan fingerprint density at radius 2 is 2.36 bits per heavy atom. The van der Waals surface area contributed by atoms with Gasteiger partial charge in [0.1, 0.15) is 12.3 Å². The standard InChI is InChI=1S/C10H14N4/c1-4-5-7-12-9-10(2)14(3)13-8-6-11/h4,8-9H,1-2,5,7H2,3H3/b12-9-,13-8-. The topological polar surface area (TPSA) is 51.8 Å². The number of aliphatic imine (C=N–C) groups is 1. The Kier molecular flexibility index (Phi) is 6.70. The molecule has 0 spiro atoms. The fourth-order valence-corrected chi connectivity index (χ4v) is 0.606. The van der Waals surface area contributed by atoms with Crippen LogP contribution in [0.2, 0.25) is 0 Å². The molecule has 0 N–H and O–H groups in total. The van der Waals surface area contributed by atoms with Gasteiger partial charge in [0.2, 0.25) is 0 Å². The van der Waals surface area contributed by atoms with Gasteiger partial charge < -0.3 is 0 Å². The molecule has 0 aliphatic heterocycles. The molecule has 14 heavy (non-hydrogen) atoms. The van der Waals surface area contributed by atoms with E-state index in [1.54, 1.807) is 25.4 Å². The van der Waals surface area contributed by atoms with Gasteiger partial charge in [-0.1, -0.05) is 12.7 Å². The Labute approximate surface area is 84.6 Å². The molecular formula is C10H14N4. The summed E-state index contributed by atoms with van der Waals surface area (Å²) >= 11 is 0. The lowest BCUT2D eigenvalue weighted by molar-refractivity contribution is 0.476. The zero-order valence-electron chi connectivity index (χ0n) is 8.35. The smallest absolute Gasteiger partial charge is 0.125 e. The molecule has 0 fully saturated rings. The lowest BCUT2D eigenvalue weighted by Crippen LogP contribution is -2.10. The summed E-state index contributed by atoms with van der Waals surface area (Å²) in [5, 5.41) is 13.5. The lowest BCUT2D eigenvalue weighted by Gasteiger charge is -2.10. The van der Waals surface area contributed by atoms with Gasteiger partial charge in [0.05, 0.1) is 5.70 Å². The predicted molar refractivity (Wildman–Crippen MR) is 59.2 cm³/mol. The highest BCUT2D eigenvalue weighted by Crippen LogP contribution is 1.94. The number of hydrogen-bond donors (Lipinski definition) is 0. The van der Waals surface area contributed by atoms with Crippen molar-refractivity contribution in [3.8, 4) is 6.07 Å². The molecule has 4 nitrogen and oxygen atoms in total. The Morgan fingerprint density at radius 1 is 1.64 bits per heavy atom. The van der Waals surface area contributed by atoms with Crippen molar-refractivity contribution in [3.63, 3.8) is 0 Å². The highest BCUT2D eigenvalue weighted by molar-refractivity contribution is 5.78. The lowest BCUT2D eigenvalue weighted by atomic mass is 10.4. The Balaban J connectivity index is 3.95. The van der Waals surface area contributed by atoms with E-state index in [0.717, 1.165) is 12.6 Å². The summed E-state index contributed by atoms with van der Waals surface area (Å²) in [7, 11) is 1.70. The molecule has 0 heterocycles. The van der Waals surface area contributed by atoms with Crippen molar-refractivity contribution < 1.29 is 0 Å². The number of nitrogens with zero attached hydrogens (tertiary/aromatic N) is 4. The molecule has 0 radical (unpaired) electrons. The van der Waals surface area contributed by atoms with Crippen LogP contribution in [0, 0.1) is 11.3 Å². The number of hydrogen-bond acceptors (Lipinski definition) is 4. The van der Waals surface area contributed by atoms with E-state index in [-0.39, 0.29) is 0 Å².